The van der Waals surface area contributed by atoms with Crippen molar-refractivity contribution in [1.29, 1.82) is 0 Å². The van der Waals surface area contributed by atoms with Crippen LogP contribution in [0.5, 0.6) is 0 Å². The Hall–Kier alpha value is -2.42. The lowest BCUT2D eigenvalue weighted by atomic mass is 10.0. The van der Waals surface area contributed by atoms with Crippen molar-refractivity contribution in [2.75, 3.05) is 52.5 Å². The Balaban J connectivity index is 1.52. The van der Waals surface area contributed by atoms with E-state index in [-0.39, 0.29) is 11.9 Å². The minimum Gasteiger partial charge on any atom is -0.467 e. The van der Waals surface area contributed by atoms with Gasteiger partial charge >= 0.3 is 0 Å². The molecule has 31 heavy (non-hydrogen) atoms. The van der Waals surface area contributed by atoms with Crippen LogP contribution in [0.2, 0.25) is 0 Å². The van der Waals surface area contributed by atoms with Crippen molar-refractivity contribution >= 4 is 5.96 Å². The maximum Gasteiger partial charge on any atom is 0.191 e. The summed E-state index contributed by atoms with van der Waals surface area (Å²) in [4.78, 5) is 7.10. The molecule has 0 saturated carbocycles. The van der Waals surface area contributed by atoms with Crippen LogP contribution < -0.4 is 10.6 Å². The lowest BCUT2D eigenvalue weighted by Crippen LogP contribution is -2.42. The zero-order valence-electron chi connectivity index (χ0n) is 18.2. The molecule has 0 amide bonds. The number of furan rings is 1. The zero-order valence-corrected chi connectivity index (χ0v) is 18.2. The number of halogens is 1. The molecular formula is C23H33FN4O3. The summed E-state index contributed by atoms with van der Waals surface area (Å²) in [6.45, 7) is 8.19. The van der Waals surface area contributed by atoms with Crippen LogP contribution in [0.3, 0.4) is 0 Å². The molecule has 1 atom stereocenters. The average Bonchev–Trinajstić information content (AvgIpc) is 3.30. The molecular weight excluding hydrogens is 399 g/mol. The van der Waals surface area contributed by atoms with Gasteiger partial charge in [0.2, 0.25) is 0 Å². The van der Waals surface area contributed by atoms with Crippen LogP contribution in [0.15, 0.2) is 52.1 Å². The van der Waals surface area contributed by atoms with Crippen LogP contribution in [0.1, 0.15) is 30.7 Å². The first-order valence-electron chi connectivity index (χ1n) is 11.0. The fourth-order valence-corrected chi connectivity index (χ4v) is 3.50. The predicted molar refractivity (Wildman–Crippen MR) is 118 cm³/mol. The van der Waals surface area contributed by atoms with E-state index in [0.29, 0.717) is 33.0 Å². The van der Waals surface area contributed by atoms with Crippen LogP contribution in [-0.2, 0) is 16.1 Å². The fourth-order valence-electron chi connectivity index (χ4n) is 3.50. The molecule has 1 aromatic heterocycles. The topological polar surface area (TPSA) is 71.3 Å². The zero-order chi connectivity index (χ0) is 21.7. The third-order valence-corrected chi connectivity index (χ3v) is 5.07. The summed E-state index contributed by atoms with van der Waals surface area (Å²) < 4.78 is 30.2. The van der Waals surface area contributed by atoms with Crippen molar-refractivity contribution in [2.45, 2.75) is 26.0 Å². The quantitative estimate of drug-likeness (QED) is 0.323. The molecule has 8 heteroatoms. The largest absolute Gasteiger partial charge is 0.467 e. The number of benzene rings is 1. The standard InChI is InChI=1S/C23H33FN4O3/c1-2-25-23(26-9-5-12-30-18-21-8-4-13-31-21)27-17-22(28-10-14-29-15-11-28)19-6-3-7-20(24)16-19/h3-4,6-8,13,16,22H,2,5,9-12,14-15,17-18H2,1H3,(H2,25,26,27). The molecule has 7 nitrogen and oxygen atoms in total. The highest BCUT2D eigenvalue weighted by molar-refractivity contribution is 5.79. The molecule has 1 fully saturated rings. The van der Waals surface area contributed by atoms with Crippen molar-refractivity contribution in [3.63, 3.8) is 0 Å². The van der Waals surface area contributed by atoms with E-state index >= 15 is 0 Å². The lowest BCUT2D eigenvalue weighted by Gasteiger charge is -2.34. The monoisotopic (exact) mass is 432 g/mol. The third kappa shape index (κ3) is 7.97. The molecule has 2 aromatic rings. The summed E-state index contributed by atoms with van der Waals surface area (Å²) >= 11 is 0. The smallest absolute Gasteiger partial charge is 0.191 e. The van der Waals surface area contributed by atoms with Crippen molar-refractivity contribution in [1.82, 2.24) is 15.5 Å². The first-order chi connectivity index (χ1) is 15.3. The molecule has 1 aliphatic rings. The molecule has 0 aliphatic carbocycles. The average molecular weight is 433 g/mol. The Morgan fingerprint density at radius 2 is 2.10 bits per heavy atom. The number of aliphatic imine (C=N–C) groups is 1. The normalized spacial score (nSPS) is 16.3. The highest BCUT2D eigenvalue weighted by atomic mass is 19.1. The van der Waals surface area contributed by atoms with Gasteiger partial charge in [0.25, 0.3) is 0 Å². The number of hydrogen-bond acceptors (Lipinski definition) is 5. The molecule has 1 saturated heterocycles. The third-order valence-electron chi connectivity index (χ3n) is 5.07. The van der Waals surface area contributed by atoms with Gasteiger partial charge in [0.1, 0.15) is 18.2 Å². The maximum absolute atomic E-state index is 13.9. The highest BCUT2D eigenvalue weighted by Crippen LogP contribution is 2.23. The summed E-state index contributed by atoms with van der Waals surface area (Å²) in [7, 11) is 0. The minimum atomic E-state index is -0.223. The van der Waals surface area contributed by atoms with Gasteiger partial charge in [0.05, 0.1) is 32.1 Å². The van der Waals surface area contributed by atoms with Gasteiger partial charge in [-0.1, -0.05) is 12.1 Å². The van der Waals surface area contributed by atoms with Crippen LogP contribution in [0.25, 0.3) is 0 Å². The molecule has 2 heterocycles. The van der Waals surface area contributed by atoms with Gasteiger partial charge in [-0.05, 0) is 43.2 Å². The van der Waals surface area contributed by atoms with E-state index in [4.69, 9.17) is 18.9 Å². The molecule has 0 spiro atoms. The summed E-state index contributed by atoms with van der Waals surface area (Å²) in [6.07, 6.45) is 2.50. The maximum atomic E-state index is 13.9. The van der Waals surface area contributed by atoms with Crippen LogP contribution in [-0.4, -0.2) is 63.4 Å². The van der Waals surface area contributed by atoms with E-state index in [0.717, 1.165) is 49.9 Å². The molecule has 170 valence electrons. The van der Waals surface area contributed by atoms with E-state index in [1.165, 1.54) is 6.07 Å². The second-order valence-electron chi connectivity index (χ2n) is 7.35. The van der Waals surface area contributed by atoms with Crippen molar-refractivity contribution in [2.24, 2.45) is 4.99 Å². The molecule has 0 radical (unpaired) electrons. The first kappa shape index (κ1) is 23.2. The van der Waals surface area contributed by atoms with E-state index < -0.39 is 0 Å². The SMILES string of the molecule is CCNC(=NCC(c1cccc(F)c1)N1CCOCC1)NCCCOCc1ccco1. The van der Waals surface area contributed by atoms with Gasteiger partial charge in [-0.25, -0.2) is 4.39 Å². The molecule has 1 aliphatic heterocycles. The Bertz CT molecular complexity index is 779. The lowest BCUT2D eigenvalue weighted by molar-refractivity contribution is 0.0179. The molecule has 2 N–H and O–H groups in total. The number of guanidine groups is 1. The summed E-state index contributed by atoms with van der Waals surface area (Å²) in [5.74, 6) is 1.36. The number of hydrogen-bond donors (Lipinski definition) is 2. The Labute approximate surface area is 183 Å². The fraction of sp³-hybridized carbons (Fsp3) is 0.522. The van der Waals surface area contributed by atoms with Crippen LogP contribution in [0.4, 0.5) is 4.39 Å². The Kier molecular flexibility index (Phi) is 9.82. The minimum absolute atomic E-state index is 0.00619. The number of nitrogens with one attached hydrogen (secondary N) is 2. The summed E-state index contributed by atoms with van der Waals surface area (Å²) in [5.41, 5.74) is 0.938. The second kappa shape index (κ2) is 13.1. The van der Waals surface area contributed by atoms with Crippen molar-refractivity contribution in [3.8, 4) is 0 Å². The first-order valence-corrected chi connectivity index (χ1v) is 11.0. The number of rotatable bonds is 11. The summed E-state index contributed by atoms with van der Waals surface area (Å²) in [6, 6.07) is 10.6. The molecule has 1 unspecified atom stereocenters. The number of morpholine rings is 1. The van der Waals surface area contributed by atoms with Crippen LogP contribution >= 0.6 is 0 Å². The van der Waals surface area contributed by atoms with E-state index in [2.05, 4.69) is 15.5 Å². The number of nitrogens with zero attached hydrogens (tertiary/aromatic N) is 2. The van der Waals surface area contributed by atoms with Gasteiger partial charge in [0, 0.05) is 32.8 Å². The van der Waals surface area contributed by atoms with E-state index in [1.807, 2.05) is 25.1 Å². The van der Waals surface area contributed by atoms with Crippen LogP contribution in [0, 0.1) is 5.82 Å². The summed E-state index contributed by atoms with van der Waals surface area (Å²) in [5, 5.41) is 6.64. The van der Waals surface area contributed by atoms with E-state index in [1.54, 1.807) is 18.4 Å². The van der Waals surface area contributed by atoms with Gasteiger partial charge in [-0.15, -0.1) is 0 Å². The van der Waals surface area contributed by atoms with Gasteiger partial charge in [-0.2, -0.15) is 0 Å². The number of ether oxygens (including phenoxy) is 2. The van der Waals surface area contributed by atoms with Gasteiger partial charge in [-0.3, -0.25) is 9.89 Å². The van der Waals surface area contributed by atoms with Crippen molar-refractivity contribution in [3.05, 3.63) is 59.8 Å². The Morgan fingerprint density at radius 3 is 2.84 bits per heavy atom. The van der Waals surface area contributed by atoms with Crippen molar-refractivity contribution < 1.29 is 18.3 Å². The second-order valence-corrected chi connectivity index (χ2v) is 7.35. The Morgan fingerprint density at radius 1 is 1.23 bits per heavy atom. The van der Waals surface area contributed by atoms with Gasteiger partial charge < -0.3 is 24.5 Å². The van der Waals surface area contributed by atoms with Gasteiger partial charge in [0.15, 0.2) is 5.96 Å². The molecule has 1 aromatic carbocycles. The molecule has 3 rings (SSSR count). The predicted octanol–water partition coefficient (Wildman–Crippen LogP) is 2.95. The molecule has 0 bridgehead atoms. The van der Waals surface area contributed by atoms with E-state index in [9.17, 15) is 4.39 Å². The highest BCUT2D eigenvalue weighted by Gasteiger charge is 2.23.